The number of anilines is 2. The Morgan fingerprint density at radius 3 is 2.67 bits per heavy atom. The summed E-state index contributed by atoms with van der Waals surface area (Å²) in [6.07, 6.45) is 8.11. The second kappa shape index (κ2) is 12.0. The zero-order valence-electron chi connectivity index (χ0n) is 22.5. The minimum absolute atomic E-state index is 0.00140. The Morgan fingerprint density at radius 1 is 1.12 bits per heavy atom. The highest BCUT2D eigenvalue weighted by Gasteiger charge is 2.28. The lowest BCUT2D eigenvalue weighted by Crippen LogP contribution is -2.40. The molecule has 0 bridgehead atoms. The summed E-state index contributed by atoms with van der Waals surface area (Å²) in [5.74, 6) is 1.75. The van der Waals surface area contributed by atoms with Crippen molar-refractivity contribution in [2.75, 3.05) is 49.9 Å². The van der Waals surface area contributed by atoms with Gasteiger partial charge in [0.1, 0.15) is 12.1 Å². The number of carbonyl (C=O) groups excluding carboxylic acids is 1. The van der Waals surface area contributed by atoms with Crippen molar-refractivity contribution in [3.8, 4) is 11.5 Å². The number of rotatable bonds is 10. The number of aromatic nitrogens is 4. The summed E-state index contributed by atoms with van der Waals surface area (Å²) in [7, 11) is 0. The molecule has 3 aromatic rings. The highest BCUT2D eigenvalue weighted by atomic mass is 19.3. The third-order valence-electron chi connectivity index (χ3n) is 8.13. The van der Waals surface area contributed by atoms with Gasteiger partial charge in [-0.15, -0.1) is 0 Å². The molecule has 10 nitrogen and oxygen atoms in total. The van der Waals surface area contributed by atoms with Gasteiger partial charge < -0.3 is 25.3 Å². The second-order valence-electron chi connectivity index (χ2n) is 11.2. The molecule has 1 saturated carbocycles. The normalized spacial score (nSPS) is 19.3. The van der Waals surface area contributed by atoms with Crippen molar-refractivity contribution in [3.05, 3.63) is 42.2 Å². The number of hydrogen-bond acceptors (Lipinski definition) is 8. The molecule has 40 heavy (non-hydrogen) atoms. The van der Waals surface area contributed by atoms with Crippen LogP contribution in [0.15, 0.2) is 35.2 Å². The second-order valence-corrected chi connectivity index (χ2v) is 11.2. The minimum atomic E-state index is -2.82. The first-order valence-corrected chi connectivity index (χ1v) is 14.3. The number of carbonyl (C=O) groups is 1. The van der Waals surface area contributed by atoms with Crippen molar-refractivity contribution < 1.29 is 18.0 Å². The summed E-state index contributed by atoms with van der Waals surface area (Å²) in [5.41, 5.74) is 0.227. The number of piperidine rings is 2. The summed E-state index contributed by atoms with van der Waals surface area (Å²) in [6.45, 7) is 5.94. The predicted octanol–water partition coefficient (Wildman–Crippen LogP) is 4.58. The molecule has 12 heteroatoms. The Bertz CT molecular complexity index is 1290. The fourth-order valence-electron chi connectivity index (χ4n) is 5.57. The molecule has 0 atom stereocenters. The van der Waals surface area contributed by atoms with Crippen molar-refractivity contribution in [2.45, 2.75) is 51.0 Å². The van der Waals surface area contributed by atoms with Crippen LogP contribution in [-0.2, 0) is 0 Å². The van der Waals surface area contributed by atoms with Gasteiger partial charge in [-0.05, 0) is 75.6 Å². The zero-order chi connectivity index (χ0) is 27.5. The van der Waals surface area contributed by atoms with E-state index in [-0.39, 0.29) is 23.3 Å². The Labute approximate surface area is 231 Å². The van der Waals surface area contributed by atoms with E-state index >= 15 is 0 Å². The number of oxazole rings is 1. The van der Waals surface area contributed by atoms with E-state index in [2.05, 4.69) is 35.9 Å². The molecule has 1 amide bonds. The van der Waals surface area contributed by atoms with Crippen LogP contribution in [0.1, 0.15) is 67.2 Å². The van der Waals surface area contributed by atoms with Crippen molar-refractivity contribution in [2.24, 2.45) is 11.8 Å². The topological polar surface area (TPSA) is 113 Å². The van der Waals surface area contributed by atoms with Gasteiger partial charge in [0.15, 0.2) is 11.4 Å². The SMILES string of the molecule is O=C(Nc1cn(C2CCN(CC3CCNCC3)CC2)nc1C(F)F)c1coc(-c2ccnc(NCC3CC3)c2)n1. The molecule has 0 unspecified atom stereocenters. The van der Waals surface area contributed by atoms with E-state index in [1.165, 1.54) is 38.1 Å². The largest absolute Gasteiger partial charge is 0.444 e. The summed E-state index contributed by atoms with van der Waals surface area (Å²) in [4.78, 5) is 24.0. The molecular weight excluding hydrogens is 518 g/mol. The van der Waals surface area contributed by atoms with E-state index < -0.39 is 18.0 Å². The number of nitrogens with one attached hydrogen (secondary N) is 3. The van der Waals surface area contributed by atoms with Gasteiger partial charge in [0, 0.05) is 44.1 Å². The summed E-state index contributed by atoms with van der Waals surface area (Å²) < 4.78 is 34.9. The maximum absolute atomic E-state index is 13.9. The van der Waals surface area contributed by atoms with Gasteiger partial charge in [-0.2, -0.15) is 5.10 Å². The van der Waals surface area contributed by atoms with Gasteiger partial charge in [-0.1, -0.05) is 0 Å². The van der Waals surface area contributed by atoms with E-state index in [1.807, 2.05) is 6.07 Å². The molecule has 0 aromatic carbocycles. The van der Waals surface area contributed by atoms with Crippen LogP contribution in [0.5, 0.6) is 0 Å². The van der Waals surface area contributed by atoms with E-state index in [4.69, 9.17) is 4.42 Å². The molecule has 2 saturated heterocycles. The van der Waals surface area contributed by atoms with Gasteiger partial charge in [0.05, 0.1) is 11.7 Å². The van der Waals surface area contributed by atoms with E-state index in [1.54, 1.807) is 16.9 Å². The number of halogens is 2. The first-order chi connectivity index (χ1) is 19.5. The van der Waals surface area contributed by atoms with Crippen LogP contribution in [0.25, 0.3) is 11.5 Å². The Kier molecular flexibility index (Phi) is 8.05. The van der Waals surface area contributed by atoms with Crippen molar-refractivity contribution in [1.82, 2.24) is 30.0 Å². The molecule has 0 radical (unpaired) electrons. The van der Waals surface area contributed by atoms with Gasteiger partial charge in [0.25, 0.3) is 12.3 Å². The lowest BCUT2D eigenvalue weighted by Gasteiger charge is -2.35. The van der Waals surface area contributed by atoms with E-state index in [9.17, 15) is 13.6 Å². The number of pyridine rings is 1. The Balaban J connectivity index is 1.08. The number of nitrogens with zero attached hydrogens (tertiary/aromatic N) is 5. The highest BCUT2D eigenvalue weighted by Crippen LogP contribution is 2.32. The number of alkyl halides is 2. The first-order valence-electron chi connectivity index (χ1n) is 14.3. The molecule has 3 aliphatic rings. The third-order valence-corrected chi connectivity index (χ3v) is 8.13. The lowest BCUT2D eigenvalue weighted by molar-refractivity contribution is 0.102. The zero-order valence-corrected chi connectivity index (χ0v) is 22.5. The standard InChI is InChI=1S/C28H36F2N8O2/c29-26(30)25-22(16-38(36-25)21-6-11-37(12-7-21)15-19-3-8-31-9-4-19)34-27(39)23-17-40-28(35-23)20-5-10-32-24(13-20)33-14-18-1-2-18/h5,10,13,16-19,21,26,31H,1-4,6-9,11-12,14-15H2,(H,32,33)(H,34,39). The fourth-order valence-corrected chi connectivity index (χ4v) is 5.57. The van der Waals surface area contributed by atoms with E-state index in [0.29, 0.717) is 17.3 Å². The number of hydrogen-bond donors (Lipinski definition) is 3. The summed E-state index contributed by atoms with van der Waals surface area (Å²) >= 11 is 0. The summed E-state index contributed by atoms with van der Waals surface area (Å²) in [5, 5.41) is 13.5. The molecular formula is C28H36F2N8O2. The van der Waals surface area contributed by atoms with E-state index in [0.717, 1.165) is 58.0 Å². The highest BCUT2D eigenvalue weighted by molar-refractivity contribution is 6.03. The van der Waals surface area contributed by atoms with Crippen LogP contribution in [-0.4, -0.2) is 69.8 Å². The molecule has 1 aliphatic carbocycles. The van der Waals surface area contributed by atoms with Gasteiger partial charge in [0.2, 0.25) is 5.89 Å². The number of amides is 1. The van der Waals surface area contributed by atoms with Crippen molar-refractivity contribution in [1.29, 1.82) is 0 Å². The molecule has 3 fully saturated rings. The van der Waals surface area contributed by atoms with Gasteiger partial charge in [-0.3, -0.25) is 9.48 Å². The quantitative estimate of drug-likeness (QED) is 0.334. The molecule has 6 rings (SSSR count). The molecule has 2 aliphatic heterocycles. The summed E-state index contributed by atoms with van der Waals surface area (Å²) in [6, 6.07) is 3.57. The van der Waals surface area contributed by atoms with Crippen molar-refractivity contribution in [3.63, 3.8) is 0 Å². The lowest BCUT2D eigenvalue weighted by atomic mass is 9.96. The van der Waals surface area contributed by atoms with Crippen molar-refractivity contribution >= 4 is 17.4 Å². The molecule has 214 valence electrons. The molecule has 3 aromatic heterocycles. The predicted molar refractivity (Wildman–Crippen MR) is 146 cm³/mol. The van der Waals surface area contributed by atoms with Crippen LogP contribution in [0.4, 0.5) is 20.3 Å². The Morgan fingerprint density at radius 2 is 1.93 bits per heavy atom. The van der Waals surface area contributed by atoms with Crippen LogP contribution in [0, 0.1) is 11.8 Å². The third kappa shape index (κ3) is 6.49. The van der Waals surface area contributed by atoms with Crippen LogP contribution < -0.4 is 16.0 Å². The Hall–Kier alpha value is -3.38. The van der Waals surface area contributed by atoms with Crippen LogP contribution >= 0.6 is 0 Å². The van der Waals surface area contributed by atoms with Crippen LogP contribution in [0.3, 0.4) is 0 Å². The van der Waals surface area contributed by atoms with Crippen LogP contribution in [0.2, 0.25) is 0 Å². The fraction of sp³-hybridized carbons (Fsp3) is 0.571. The maximum Gasteiger partial charge on any atom is 0.284 e. The van der Waals surface area contributed by atoms with Gasteiger partial charge in [-0.25, -0.2) is 18.7 Å². The monoisotopic (exact) mass is 554 g/mol. The minimum Gasteiger partial charge on any atom is -0.444 e. The smallest absolute Gasteiger partial charge is 0.284 e. The van der Waals surface area contributed by atoms with Gasteiger partial charge >= 0.3 is 0 Å². The average Bonchev–Trinajstić information content (AvgIpc) is 3.49. The average molecular weight is 555 g/mol. The molecule has 5 heterocycles. The molecule has 0 spiro atoms. The molecule has 3 N–H and O–H groups in total. The first kappa shape index (κ1) is 26.8. The maximum atomic E-state index is 13.9. The number of likely N-dealkylation sites (tertiary alicyclic amines) is 1.